The fourth-order valence-electron chi connectivity index (χ4n) is 3.00. The van der Waals surface area contributed by atoms with Crippen LogP contribution in [0.3, 0.4) is 0 Å². The van der Waals surface area contributed by atoms with Crippen LogP contribution in [0.1, 0.15) is 41.0 Å². The highest BCUT2D eigenvalue weighted by Gasteiger charge is 2.20. The van der Waals surface area contributed by atoms with Crippen LogP contribution in [-0.2, 0) is 6.54 Å². The molecule has 0 spiro atoms. The number of rotatable bonds is 3. The van der Waals surface area contributed by atoms with E-state index in [4.69, 9.17) is 0 Å². The van der Waals surface area contributed by atoms with Crippen molar-refractivity contribution < 1.29 is 14.8 Å². The molecule has 1 fully saturated rings. The monoisotopic (exact) mass is 273 g/mol. The molecular weight excluding hydrogens is 254 g/mol. The van der Waals surface area contributed by atoms with Crippen LogP contribution in [0.25, 0.3) is 5.65 Å². The summed E-state index contributed by atoms with van der Waals surface area (Å²) in [6.07, 6.45) is 5.66. The molecule has 1 aliphatic heterocycles. The highest BCUT2D eigenvalue weighted by Crippen LogP contribution is 2.13. The van der Waals surface area contributed by atoms with Gasteiger partial charge in [-0.15, -0.1) is 0 Å². The molecule has 2 aromatic heterocycles. The Balaban J connectivity index is 2.03. The van der Waals surface area contributed by atoms with E-state index >= 15 is 0 Å². The van der Waals surface area contributed by atoms with Crippen molar-refractivity contribution in [2.45, 2.75) is 32.7 Å². The molecule has 0 atom stereocenters. The third-order valence-corrected chi connectivity index (χ3v) is 4.04. The van der Waals surface area contributed by atoms with E-state index in [0.29, 0.717) is 12.2 Å². The van der Waals surface area contributed by atoms with Crippen LogP contribution in [0.5, 0.6) is 0 Å². The molecule has 0 aliphatic carbocycles. The van der Waals surface area contributed by atoms with Crippen molar-refractivity contribution in [2.75, 3.05) is 13.1 Å². The molecule has 20 heavy (non-hydrogen) atoms. The second-order valence-electron chi connectivity index (χ2n) is 5.62. The number of imidazole rings is 1. The van der Waals surface area contributed by atoms with Gasteiger partial charge in [-0.3, -0.25) is 4.40 Å². The Kier molecular flexibility index (Phi) is 3.44. The molecule has 5 heteroatoms. The minimum atomic E-state index is -1.18. The average molecular weight is 273 g/mol. The van der Waals surface area contributed by atoms with Gasteiger partial charge in [0, 0.05) is 6.20 Å². The van der Waals surface area contributed by atoms with Crippen LogP contribution in [0, 0.1) is 6.92 Å². The van der Waals surface area contributed by atoms with E-state index in [1.165, 1.54) is 24.2 Å². The Morgan fingerprint density at radius 1 is 1.35 bits per heavy atom. The standard InChI is InChI=1S/C15H19N3O2/c1-11-5-6-13-16-14(15(19)20)12(18(13)9-11)10-17-7-3-2-4-8-17/h5-6,9H,2-4,7-8,10H2,1H3,(H,19,20). The number of likely N-dealkylation sites (tertiary alicyclic amines) is 1. The molecule has 0 radical (unpaired) electrons. The second-order valence-corrected chi connectivity index (χ2v) is 5.62. The number of pyridine rings is 1. The highest BCUT2D eigenvalue weighted by atomic mass is 16.4. The molecule has 0 bridgehead atoms. The first-order valence-electron chi connectivity index (χ1n) is 7.17. The first-order chi connectivity index (χ1) is 9.65. The molecule has 0 amide bonds. The van der Waals surface area contributed by atoms with Crippen LogP contribution in [0.2, 0.25) is 0 Å². The van der Waals surface area contributed by atoms with Gasteiger partial charge >= 0.3 is 0 Å². The van der Waals surface area contributed by atoms with Crippen molar-refractivity contribution in [3.8, 4) is 0 Å². The van der Waals surface area contributed by atoms with Crippen molar-refractivity contribution in [1.29, 1.82) is 0 Å². The van der Waals surface area contributed by atoms with Crippen molar-refractivity contribution in [1.82, 2.24) is 9.38 Å². The van der Waals surface area contributed by atoms with Gasteiger partial charge in [0.25, 0.3) is 0 Å². The topological polar surface area (TPSA) is 61.9 Å². The third-order valence-electron chi connectivity index (χ3n) is 4.04. The fourth-order valence-corrected chi connectivity index (χ4v) is 3.00. The molecule has 2 aromatic rings. The van der Waals surface area contributed by atoms with Crippen molar-refractivity contribution in [3.05, 3.63) is 35.3 Å². The minimum Gasteiger partial charge on any atom is -0.543 e. The molecule has 106 valence electrons. The minimum absolute atomic E-state index is 0.0914. The molecule has 3 rings (SSSR count). The lowest BCUT2D eigenvalue weighted by Gasteiger charge is -2.23. The molecule has 0 unspecified atom stereocenters. The first kappa shape index (κ1) is 13.1. The van der Waals surface area contributed by atoms with Gasteiger partial charge in [-0.1, -0.05) is 6.07 Å². The Hall–Kier alpha value is -1.88. The van der Waals surface area contributed by atoms with Gasteiger partial charge in [0.15, 0.2) is 0 Å². The van der Waals surface area contributed by atoms with Crippen LogP contribution in [-0.4, -0.2) is 28.4 Å². The van der Waals surface area contributed by atoms with E-state index in [1.807, 2.05) is 29.7 Å². The zero-order valence-electron chi connectivity index (χ0n) is 11.7. The maximum Gasteiger partial charge on any atom is 0.137 e. The number of quaternary nitrogens is 1. The summed E-state index contributed by atoms with van der Waals surface area (Å²) >= 11 is 0. The number of hydrogen-bond acceptors (Lipinski definition) is 3. The largest absolute Gasteiger partial charge is 0.543 e. The average Bonchev–Trinajstić information content (AvgIpc) is 2.78. The van der Waals surface area contributed by atoms with Crippen LogP contribution < -0.4 is 10.0 Å². The van der Waals surface area contributed by atoms with Crippen molar-refractivity contribution >= 4 is 11.6 Å². The van der Waals surface area contributed by atoms with E-state index < -0.39 is 5.97 Å². The van der Waals surface area contributed by atoms with E-state index in [9.17, 15) is 9.90 Å². The Morgan fingerprint density at radius 2 is 2.10 bits per heavy atom. The summed E-state index contributed by atoms with van der Waals surface area (Å²) in [4.78, 5) is 17.0. The SMILES string of the molecule is Cc1ccc2nc(C(=O)[O-])c(C[NH+]3CCCCC3)n2c1. The number of nitrogens with zero attached hydrogens (tertiary/aromatic N) is 2. The number of carboxylic acid groups (broad SMARTS) is 1. The van der Waals surface area contributed by atoms with Crippen molar-refractivity contribution in [2.24, 2.45) is 0 Å². The van der Waals surface area contributed by atoms with E-state index in [2.05, 4.69) is 4.98 Å². The number of carbonyl (C=O) groups is 1. The van der Waals surface area contributed by atoms with Gasteiger partial charge in [0.05, 0.1) is 19.1 Å². The van der Waals surface area contributed by atoms with Crippen LogP contribution in [0.15, 0.2) is 18.3 Å². The number of aromatic carboxylic acids is 1. The zero-order chi connectivity index (χ0) is 14.1. The predicted molar refractivity (Wildman–Crippen MR) is 72.5 cm³/mol. The second kappa shape index (κ2) is 5.25. The molecule has 3 heterocycles. The quantitative estimate of drug-likeness (QED) is 0.826. The number of fused-ring (bicyclic) bond motifs is 1. The van der Waals surface area contributed by atoms with Crippen molar-refractivity contribution in [3.63, 3.8) is 0 Å². The van der Waals surface area contributed by atoms with Gasteiger partial charge in [-0.05, 0) is 37.8 Å². The number of aryl methyl sites for hydroxylation is 1. The molecule has 1 N–H and O–H groups in total. The van der Waals surface area contributed by atoms with E-state index in [0.717, 1.165) is 24.3 Å². The first-order valence-corrected chi connectivity index (χ1v) is 7.17. The summed E-state index contributed by atoms with van der Waals surface area (Å²) in [6.45, 7) is 4.90. The highest BCUT2D eigenvalue weighted by molar-refractivity contribution is 5.86. The Bertz CT molecular complexity index is 642. The van der Waals surface area contributed by atoms with Gasteiger partial charge in [0.2, 0.25) is 0 Å². The number of aromatic nitrogens is 2. The predicted octanol–water partition coefficient (Wildman–Crippen LogP) is -0.425. The lowest BCUT2D eigenvalue weighted by molar-refractivity contribution is -0.918. The molecule has 0 saturated carbocycles. The maximum absolute atomic E-state index is 11.3. The Labute approximate surface area is 117 Å². The lowest BCUT2D eigenvalue weighted by atomic mass is 10.1. The van der Waals surface area contributed by atoms with E-state index in [1.54, 1.807) is 0 Å². The normalized spacial score (nSPS) is 16.6. The summed E-state index contributed by atoms with van der Waals surface area (Å²) in [6, 6.07) is 3.80. The summed E-state index contributed by atoms with van der Waals surface area (Å²) in [5.41, 5.74) is 2.63. The fraction of sp³-hybridized carbons (Fsp3) is 0.467. The number of nitrogens with one attached hydrogen (secondary N) is 1. The van der Waals surface area contributed by atoms with Gasteiger partial charge in [-0.25, -0.2) is 4.98 Å². The summed E-state index contributed by atoms with van der Waals surface area (Å²) in [5, 5.41) is 11.3. The number of carboxylic acids is 1. The Morgan fingerprint density at radius 3 is 2.80 bits per heavy atom. The number of hydrogen-bond donors (Lipinski definition) is 1. The molecule has 5 nitrogen and oxygen atoms in total. The maximum atomic E-state index is 11.3. The summed E-state index contributed by atoms with van der Waals surface area (Å²) < 4.78 is 1.90. The zero-order valence-corrected chi connectivity index (χ0v) is 11.7. The van der Waals surface area contributed by atoms with E-state index in [-0.39, 0.29) is 5.69 Å². The van der Waals surface area contributed by atoms with Gasteiger partial charge < -0.3 is 14.8 Å². The number of piperidine rings is 1. The molecule has 1 aliphatic rings. The third kappa shape index (κ3) is 2.41. The number of carbonyl (C=O) groups excluding carboxylic acids is 1. The van der Waals surface area contributed by atoms with Crippen LogP contribution in [0.4, 0.5) is 0 Å². The van der Waals surface area contributed by atoms with Gasteiger partial charge in [-0.2, -0.15) is 0 Å². The van der Waals surface area contributed by atoms with Crippen LogP contribution >= 0.6 is 0 Å². The molecular formula is C15H19N3O2. The molecule has 1 saturated heterocycles. The summed E-state index contributed by atoms with van der Waals surface area (Å²) in [5.74, 6) is -1.18. The smallest absolute Gasteiger partial charge is 0.137 e. The molecule has 0 aromatic carbocycles. The van der Waals surface area contributed by atoms with Gasteiger partial charge in [0.1, 0.15) is 23.6 Å². The summed E-state index contributed by atoms with van der Waals surface area (Å²) in [7, 11) is 0. The lowest BCUT2D eigenvalue weighted by Crippen LogP contribution is -3.11.